The van der Waals surface area contributed by atoms with Gasteiger partial charge < -0.3 is 36.4 Å². The molecule has 0 aromatic heterocycles. The number of carboxylic acids is 4. The van der Waals surface area contributed by atoms with E-state index in [4.69, 9.17) is 5.11 Å². The zero-order valence-corrected chi connectivity index (χ0v) is 23.3. The summed E-state index contributed by atoms with van der Waals surface area (Å²) in [5.74, 6) is -6.39. The molecular formula is C22H37CuN7O11+2. The molecule has 7 N–H and O–H groups in total. The summed E-state index contributed by atoms with van der Waals surface area (Å²) in [5, 5.41) is 43.0. The first-order valence-corrected chi connectivity index (χ1v) is 12.4. The molecular weight excluding hydrogens is 602 g/mol. The number of carbonyl (C=O) groups is 7. The third kappa shape index (κ3) is 19.4. The van der Waals surface area contributed by atoms with Crippen LogP contribution in [0.1, 0.15) is 0 Å². The number of carboxylic acid groups (broad SMARTS) is 4. The molecule has 0 atom stereocenters. The summed E-state index contributed by atoms with van der Waals surface area (Å²) in [6.45, 7) is -0.718. The van der Waals surface area contributed by atoms with Crippen molar-refractivity contribution in [3.05, 3.63) is 0 Å². The number of amides is 3. The molecule has 0 unspecified atom stereocenters. The molecule has 0 bridgehead atoms. The van der Waals surface area contributed by atoms with Crippen LogP contribution in [0, 0.1) is 0 Å². The first kappa shape index (κ1) is 37.6. The first-order chi connectivity index (χ1) is 18.8. The number of aliphatic carboxylic acids is 4. The molecule has 1 aliphatic rings. The maximum Gasteiger partial charge on any atom is 2.00 e. The quantitative estimate of drug-likeness (QED) is 0.0879. The summed E-state index contributed by atoms with van der Waals surface area (Å²) >= 11 is 0. The van der Waals surface area contributed by atoms with Gasteiger partial charge in [-0.2, -0.15) is 0 Å². The van der Waals surface area contributed by atoms with E-state index in [9.17, 15) is 48.9 Å². The maximum absolute atomic E-state index is 12.5. The third-order valence-electron chi connectivity index (χ3n) is 5.70. The van der Waals surface area contributed by atoms with Gasteiger partial charge in [0.1, 0.15) is 6.54 Å². The van der Waals surface area contributed by atoms with Crippen LogP contribution in [0.25, 0.3) is 0 Å². The fourth-order valence-electron chi connectivity index (χ4n) is 3.70. The molecule has 3 amide bonds. The summed E-state index contributed by atoms with van der Waals surface area (Å²) in [5.41, 5.74) is 0. The Morgan fingerprint density at radius 1 is 0.415 bits per heavy atom. The Hall–Kier alpha value is -3.35. The molecule has 18 nitrogen and oxygen atoms in total. The molecule has 0 aliphatic carbocycles. The number of nitrogens with one attached hydrogen (secondary N) is 3. The van der Waals surface area contributed by atoms with Crippen LogP contribution in [-0.4, -0.2) is 180 Å². The van der Waals surface area contributed by atoms with Crippen LogP contribution in [0.5, 0.6) is 0 Å². The summed E-state index contributed by atoms with van der Waals surface area (Å²) in [7, 11) is 0. The predicted octanol–water partition coefficient (Wildman–Crippen LogP) is -5.11. The normalized spacial score (nSPS) is 16.2. The number of hydrogen-bond donors (Lipinski definition) is 7. The van der Waals surface area contributed by atoms with Crippen molar-refractivity contribution in [2.45, 2.75) is 0 Å². The Balaban J connectivity index is 0.0000160. The van der Waals surface area contributed by atoms with Gasteiger partial charge in [-0.25, -0.2) is 0 Å². The van der Waals surface area contributed by atoms with E-state index >= 15 is 0 Å². The third-order valence-corrected chi connectivity index (χ3v) is 5.70. The maximum atomic E-state index is 12.5. The molecule has 1 heterocycles. The van der Waals surface area contributed by atoms with Crippen molar-refractivity contribution in [2.75, 3.05) is 98.2 Å². The molecule has 0 saturated carbocycles. The van der Waals surface area contributed by atoms with E-state index in [2.05, 4.69) is 16.0 Å². The van der Waals surface area contributed by atoms with Crippen LogP contribution in [-0.2, 0) is 50.6 Å². The molecule has 235 valence electrons. The molecule has 1 radical (unpaired) electrons. The average molecular weight is 639 g/mol. The second kappa shape index (κ2) is 20.5. The van der Waals surface area contributed by atoms with Crippen LogP contribution >= 0.6 is 0 Å². The monoisotopic (exact) mass is 638 g/mol. The SMILES string of the molecule is O=C(O)CNC(=O)CNC(=O)CNC(=O)CN1CCN(CC(=O)O)CCN(CC(=O)O)CCN(CC(=O)O)CC1.[Cu+2]. The second-order valence-corrected chi connectivity index (χ2v) is 9.01. The molecule has 0 aromatic rings. The zero-order valence-electron chi connectivity index (χ0n) is 22.3. The van der Waals surface area contributed by atoms with Crippen molar-refractivity contribution in [3.63, 3.8) is 0 Å². The Morgan fingerprint density at radius 2 is 0.683 bits per heavy atom. The van der Waals surface area contributed by atoms with E-state index in [1.54, 1.807) is 19.6 Å². The fourth-order valence-corrected chi connectivity index (χ4v) is 3.70. The second-order valence-electron chi connectivity index (χ2n) is 9.01. The minimum Gasteiger partial charge on any atom is -0.480 e. The van der Waals surface area contributed by atoms with Crippen LogP contribution in [0.4, 0.5) is 0 Å². The van der Waals surface area contributed by atoms with E-state index in [1.165, 1.54) is 0 Å². The Morgan fingerprint density at radius 3 is 0.976 bits per heavy atom. The molecule has 1 fully saturated rings. The van der Waals surface area contributed by atoms with Gasteiger partial charge in [-0.3, -0.25) is 53.2 Å². The molecule has 1 saturated heterocycles. The molecule has 0 aromatic carbocycles. The van der Waals surface area contributed by atoms with Gasteiger partial charge in [-0.05, 0) is 0 Å². The van der Waals surface area contributed by atoms with Crippen LogP contribution < -0.4 is 16.0 Å². The summed E-state index contributed by atoms with van der Waals surface area (Å²) in [6, 6.07) is 0. The van der Waals surface area contributed by atoms with Crippen molar-refractivity contribution in [1.82, 2.24) is 35.6 Å². The largest absolute Gasteiger partial charge is 2.00 e. The van der Waals surface area contributed by atoms with Crippen molar-refractivity contribution in [2.24, 2.45) is 0 Å². The average Bonchev–Trinajstić information content (AvgIpc) is 2.85. The van der Waals surface area contributed by atoms with Gasteiger partial charge in [0.05, 0.1) is 39.3 Å². The van der Waals surface area contributed by atoms with Crippen LogP contribution in [0.2, 0.25) is 0 Å². The van der Waals surface area contributed by atoms with Gasteiger partial charge in [-0.1, -0.05) is 0 Å². The molecule has 41 heavy (non-hydrogen) atoms. The van der Waals surface area contributed by atoms with Gasteiger partial charge in [0.25, 0.3) is 0 Å². The number of rotatable bonds is 14. The number of nitrogens with zero attached hydrogens (tertiary/aromatic N) is 4. The molecule has 1 rings (SSSR count). The predicted molar refractivity (Wildman–Crippen MR) is 135 cm³/mol. The van der Waals surface area contributed by atoms with Gasteiger partial charge in [0.2, 0.25) is 17.7 Å². The molecule has 1 aliphatic heterocycles. The number of carbonyl (C=O) groups excluding carboxylic acids is 3. The van der Waals surface area contributed by atoms with E-state index in [-0.39, 0.29) is 95.6 Å². The Labute approximate surface area is 246 Å². The summed E-state index contributed by atoms with van der Waals surface area (Å²) < 4.78 is 0. The standard InChI is InChI=1S/C22H37N7O11.Cu/c30-16(23-9-17(31)25-11-19(33)34)10-24-18(32)12-26-1-3-27(13-20(35)36)5-7-29(15-22(39)40)8-6-28(4-2-26)14-21(37)38;/h1-15H2,(H,23,30)(H,24,32)(H,25,31)(H,33,34)(H,35,36)(H,37,38)(H,39,40);/q;+2. The van der Waals surface area contributed by atoms with E-state index < -0.39 is 61.2 Å². The van der Waals surface area contributed by atoms with Gasteiger partial charge in [-0.15, -0.1) is 0 Å². The van der Waals surface area contributed by atoms with Gasteiger partial charge >= 0.3 is 40.9 Å². The minimum absolute atomic E-state index is 0. The topological polar surface area (TPSA) is 249 Å². The van der Waals surface area contributed by atoms with Crippen LogP contribution in [0.15, 0.2) is 0 Å². The first-order valence-electron chi connectivity index (χ1n) is 12.4. The van der Waals surface area contributed by atoms with Gasteiger partial charge in [0, 0.05) is 52.4 Å². The van der Waals surface area contributed by atoms with Crippen LogP contribution in [0.3, 0.4) is 0 Å². The number of hydrogen-bond acceptors (Lipinski definition) is 11. The molecule has 0 spiro atoms. The van der Waals surface area contributed by atoms with Gasteiger partial charge in [0.15, 0.2) is 0 Å². The van der Waals surface area contributed by atoms with Crippen molar-refractivity contribution >= 4 is 41.6 Å². The van der Waals surface area contributed by atoms with E-state index in [0.717, 1.165) is 0 Å². The van der Waals surface area contributed by atoms with E-state index in [0.29, 0.717) is 0 Å². The zero-order chi connectivity index (χ0) is 30.1. The smallest absolute Gasteiger partial charge is 0.480 e. The van der Waals surface area contributed by atoms with Crippen molar-refractivity contribution in [3.8, 4) is 0 Å². The minimum atomic E-state index is -1.24. The molecule has 19 heteroatoms. The summed E-state index contributed by atoms with van der Waals surface area (Å²) in [4.78, 5) is 86.8. The summed E-state index contributed by atoms with van der Waals surface area (Å²) in [6.07, 6.45) is 0. The van der Waals surface area contributed by atoms with Crippen molar-refractivity contribution < 1.29 is 71.1 Å². The van der Waals surface area contributed by atoms with E-state index in [1.807, 2.05) is 0 Å². The fraction of sp³-hybridized carbons (Fsp3) is 0.682. The Kier molecular flexibility index (Phi) is 18.8. The Bertz CT molecular complexity index is 892. The van der Waals surface area contributed by atoms with Crippen molar-refractivity contribution in [1.29, 1.82) is 0 Å².